The number of hydrogen-bond acceptors (Lipinski definition) is 2. The molecular weight excluding hydrogens is 446 g/mol. The standard InChI is InChI=1S/C31H27N3O2/c32-30(35)27(18-16-21-10-4-1-5-11-21)34-31(36)24-17-19-26-25(20-24)28(22-12-6-2-7-13-22)29(33-26)23-14-8-3-9-15-23/h1-15,17,19-20,27,33H,16,18H2,(H2,32,35)(H,34,36)/t27-/m0/s1. The predicted octanol–water partition coefficient (Wildman–Crippen LogP) is 5.72. The van der Waals surface area contributed by atoms with Crippen LogP contribution in [0.3, 0.4) is 0 Å². The molecule has 0 saturated carbocycles. The first-order valence-corrected chi connectivity index (χ1v) is 12.0. The molecule has 36 heavy (non-hydrogen) atoms. The number of primary amides is 1. The van der Waals surface area contributed by atoms with Crippen LogP contribution in [0.25, 0.3) is 33.3 Å². The summed E-state index contributed by atoms with van der Waals surface area (Å²) in [6, 6.07) is 34.9. The summed E-state index contributed by atoms with van der Waals surface area (Å²) in [6.45, 7) is 0. The van der Waals surface area contributed by atoms with Crippen molar-refractivity contribution in [1.29, 1.82) is 0 Å². The average molecular weight is 474 g/mol. The van der Waals surface area contributed by atoms with Gasteiger partial charge < -0.3 is 16.0 Å². The van der Waals surface area contributed by atoms with E-state index in [-0.39, 0.29) is 5.91 Å². The number of fused-ring (bicyclic) bond motifs is 1. The van der Waals surface area contributed by atoms with Crippen molar-refractivity contribution in [2.24, 2.45) is 5.73 Å². The highest BCUT2D eigenvalue weighted by Crippen LogP contribution is 2.38. The highest BCUT2D eigenvalue weighted by atomic mass is 16.2. The van der Waals surface area contributed by atoms with Crippen LogP contribution in [0.15, 0.2) is 109 Å². The monoisotopic (exact) mass is 473 g/mol. The Morgan fingerprint density at radius 1 is 0.778 bits per heavy atom. The third-order valence-corrected chi connectivity index (χ3v) is 6.40. The Bertz CT molecular complexity index is 1490. The lowest BCUT2D eigenvalue weighted by atomic mass is 9.97. The quantitative estimate of drug-likeness (QED) is 0.269. The Morgan fingerprint density at radius 3 is 2.03 bits per heavy atom. The molecule has 0 radical (unpaired) electrons. The molecule has 4 aromatic carbocycles. The molecule has 0 aliphatic rings. The van der Waals surface area contributed by atoms with Gasteiger partial charge >= 0.3 is 0 Å². The van der Waals surface area contributed by atoms with Gasteiger partial charge in [0.25, 0.3) is 5.91 Å². The number of nitrogens with two attached hydrogens (primary N) is 1. The zero-order valence-electron chi connectivity index (χ0n) is 19.8. The zero-order chi connectivity index (χ0) is 24.9. The van der Waals surface area contributed by atoms with Gasteiger partial charge in [-0.1, -0.05) is 91.0 Å². The van der Waals surface area contributed by atoms with Gasteiger partial charge in [0.1, 0.15) is 6.04 Å². The molecule has 0 aliphatic heterocycles. The molecule has 2 amide bonds. The summed E-state index contributed by atoms with van der Waals surface area (Å²) in [5, 5.41) is 3.78. The Labute approximate surface area is 210 Å². The van der Waals surface area contributed by atoms with E-state index in [0.29, 0.717) is 18.4 Å². The Hall–Kier alpha value is -4.64. The van der Waals surface area contributed by atoms with Crippen LogP contribution in [-0.2, 0) is 11.2 Å². The van der Waals surface area contributed by atoms with Crippen LogP contribution in [0.4, 0.5) is 0 Å². The lowest BCUT2D eigenvalue weighted by Gasteiger charge is -2.16. The summed E-state index contributed by atoms with van der Waals surface area (Å²) >= 11 is 0. The molecule has 0 saturated heterocycles. The molecule has 1 aromatic heterocycles. The number of amides is 2. The minimum atomic E-state index is -0.756. The van der Waals surface area contributed by atoms with Crippen molar-refractivity contribution in [3.63, 3.8) is 0 Å². The summed E-state index contributed by atoms with van der Waals surface area (Å²) in [5.41, 5.74) is 12.3. The lowest BCUT2D eigenvalue weighted by Crippen LogP contribution is -2.44. The van der Waals surface area contributed by atoms with Gasteiger partial charge in [-0.15, -0.1) is 0 Å². The van der Waals surface area contributed by atoms with Crippen LogP contribution in [0.2, 0.25) is 0 Å². The molecule has 0 fully saturated rings. The minimum Gasteiger partial charge on any atom is -0.368 e. The maximum absolute atomic E-state index is 13.2. The fourth-order valence-electron chi connectivity index (χ4n) is 4.54. The minimum absolute atomic E-state index is 0.324. The summed E-state index contributed by atoms with van der Waals surface area (Å²) in [6.07, 6.45) is 1.08. The molecular formula is C31H27N3O2. The molecule has 1 atom stereocenters. The van der Waals surface area contributed by atoms with Gasteiger partial charge in [-0.2, -0.15) is 0 Å². The SMILES string of the molecule is NC(=O)[C@H](CCc1ccccc1)NC(=O)c1ccc2[nH]c(-c3ccccc3)c(-c3ccccc3)c2c1. The van der Waals surface area contributed by atoms with Crippen LogP contribution in [-0.4, -0.2) is 22.8 Å². The van der Waals surface area contributed by atoms with Crippen molar-refractivity contribution in [3.05, 3.63) is 120 Å². The Kier molecular flexibility index (Phi) is 6.63. The van der Waals surface area contributed by atoms with E-state index in [9.17, 15) is 9.59 Å². The maximum atomic E-state index is 13.2. The predicted molar refractivity (Wildman–Crippen MR) is 144 cm³/mol. The summed E-state index contributed by atoms with van der Waals surface area (Å²) in [7, 11) is 0. The summed E-state index contributed by atoms with van der Waals surface area (Å²) in [4.78, 5) is 28.8. The van der Waals surface area contributed by atoms with Crippen molar-refractivity contribution < 1.29 is 9.59 Å². The molecule has 0 bridgehead atoms. The number of nitrogens with one attached hydrogen (secondary N) is 2. The van der Waals surface area contributed by atoms with E-state index in [4.69, 9.17) is 5.73 Å². The number of rotatable bonds is 8. The van der Waals surface area contributed by atoms with Crippen molar-refractivity contribution in [3.8, 4) is 22.4 Å². The normalized spacial score (nSPS) is 11.8. The number of carbonyl (C=O) groups is 2. The van der Waals surface area contributed by atoms with Crippen LogP contribution >= 0.6 is 0 Å². The van der Waals surface area contributed by atoms with Crippen molar-refractivity contribution in [2.75, 3.05) is 0 Å². The number of aromatic amines is 1. The number of hydrogen-bond donors (Lipinski definition) is 3. The van der Waals surface area contributed by atoms with Gasteiger partial charge in [0, 0.05) is 22.0 Å². The molecule has 0 spiro atoms. The first-order valence-electron chi connectivity index (χ1n) is 12.0. The summed E-state index contributed by atoms with van der Waals surface area (Å²) in [5.74, 6) is -0.867. The number of aryl methyl sites for hydroxylation is 1. The average Bonchev–Trinajstić information content (AvgIpc) is 3.31. The second kappa shape index (κ2) is 10.3. The molecule has 5 rings (SSSR count). The fourth-order valence-corrected chi connectivity index (χ4v) is 4.54. The lowest BCUT2D eigenvalue weighted by molar-refractivity contribution is -0.120. The summed E-state index contributed by atoms with van der Waals surface area (Å²) < 4.78 is 0. The van der Waals surface area contributed by atoms with Gasteiger partial charge in [-0.3, -0.25) is 9.59 Å². The van der Waals surface area contributed by atoms with E-state index in [1.165, 1.54) is 0 Å². The number of H-pyrrole nitrogens is 1. The maximum Gasteiger partial charge on any atom is 0.251 e. The number of benzene rings is 4. The molecule has 5 heteroatoms. The molecule has 0 unspecified atom stereocenters. The van der Waals surface area contributed by atoms with Crippen molar-refractivity contribution in [2.45, 2.75) is 18.9 Å². The zero-order valence-corrected chi connectivity index (χ0v) is 19.8. The first kappa shape index (κ1) is 23.1. The van der Waals surface area contributed by atoms with E-state index in [1.807, 2.05) is 78.9 Å². The highest BCUT2D eigenvalue weighted by Gasteiger charge is 2.21. The number of aromatic nitrogens is 1. The second-order valence-corrected chi connectivity index (χ2v) is 8.82. The highest BCUT2D eigenvalue weighted by molar-refractivity contribution is 6.07. The van der Waals surface area contributed by atoms with Crippen LogP contribution in [0.1, 0.15) is 22.3 Å². The van der Waals surface area contributed by atoms with Crippen LogP contribution in [0, 0.1) is 0 Å². The van der Waals surface area contributed by atoms with Gasteiger partial charge in [0.2, 0.25) is 5.91 Å². The van der Waals surface area contributed by atoms with Crippen LogP contribution < -0.4 is 11.1 Å². The van der Waals surface area contributed by atoms with Crippen molar-refractivity contribution >= 4 is 22.7 Å². The Morgan fingerprint density at radius 2 is 1.39 bits per heavy atom. The fraction of sp³-hybridized carbons (Fsp3) is 0.0968. The molecule has 4 N–H and O–H groups in total. The molecule has 0 aliphatic carbocycles. The second-order valence-electron chi connectivity index (χ2n) is 8.82. The Balaban J connectivity index is 1.48. The smallest absolute Gasteiger partial charge is 0.251 e. The molecule has 5 nitrogen and oxygen atoms in total. The van der Waals surface area contributed by atoms with Crippen LogP contribution in [0.5, 0.6) is 0 Å². The third kappa shape index (κ3) is 4.91. The van der Waals surface area contributed by atoms with Crippen molar-refractivity contribution in [1.82, 2.24) is 10.3 Å². The van der Waals surface area contributed by atoms with E-state index in [1.54, 1.807) is 6.07 Å². The van der Waals surface area contributed by atoms with E-state index in [0.717, 1.165) is 38.9 Å². The van der Waals surface area contributed by atoms with Gasteiger partial charge in [-0.05, 0) is 47.7 Å². The van der Waals surface area contributed by atoms with E-state index >= 15 is 0 Å². The first-order chi connectivity index (χ1) is 17.6. The van der Waals surface area contributed by atoms with Gasteiger partial charge in [-0.25, -0.2) is 0 Å². The third-order valence-electron chi connectivity index (χ3n) is 6.40. The largest absolute Gasteiger partial charge is 0.368 e. The van der Waals surface area contributed by atoms with E-state index in [2.05, 4.69) is 34.6 Å². The van der Waals surface area contributed by atoms with Gasteiger partial charge in [0.15, 0.2) is 0 Å². The molecule has 178 valence electrons. The number of carbonyl (C=O) groups excluding carboxylic acids is 2. The van der Waals surface area contributed by atoms with Gasteiger partial charge in [0.05, 0.1) is 5.69 Å². The van der Waals surface area contributed by atoms with E-state index < -0.39 is 11.9 Å². The molecule has 1 heterocycles. The topological polar surface area (TPSA) is 88.0 Å². The molecule has 5 aromatic rings.